The number of nitrogens with one attached hydrogen (secondary N) is 2. The third kappa shape index (κ3) is 5.12. The fourth-order valence-corrected chi connectivity index (χ4v) is 2.23. The molecule has 1 rings (SSSR count). The van der Waals surface area contributed by atoms with Crippen molar-refractivity contribution in [1.29, 1.82) is 0 Å². The van der Waals surface area contributed by atoms with E-state index in [1.54, 1.807) is 0 Å². The fourth-order valence-electron chi connectivity index (χ4n) is 2.04. The number of likely N-dealkylation sites (tertiary alicyclic amines) is 1. The molecule has 0 aromatic rings. The van der Waals surface area contributed by atoms with Crippen LogP contribution in [-0.2, 0) is 0 Å². The van der Waals surface area contributed by atoms with E-state index in [0.29, 0.717) is 0 Å². The predicted molar refractivity (Wildman–Crippen MR) is 73.7 cm³/mol. The van der Waals surface area contributed by atoms with E-state index in [0.717, 1.165) is 30.5 Å². The molecule has 0 aromatic heterocycles. The highest BCUT2D eigenvalue weighted by Crippen LogP contribution is 2.15. The van der Waals surface area contributed by atoms with Gasteiger partial charge < -0.3 is 15.5 Å². The molecule has 0 aromatic carbocycles. The molecule has 3 nitrogen and oxygen atoms in total. The van der Waals surface area contributed by atoms with Crippen LogP contribution in [0.5, 0.6) is 0 Å². The zero-order valence-electron chi connectivity index (χ0n) is 10.6. The minimum atomic E-state index is 0.796. The van der Waals surface area contributed by atoms with Gasteiger partial charge in [0.2, 0.25) is 0 Å². The smallest absolute Gasteiger partial charge is 0.166 e. The molecular formula is C12H25N3S. The van der Waals surface area contributed by atoms with Crippen LogP contribution >= 0.6 is 12.2 Å². The number of thiocarbonyl (C=S) groups is 1. The first kappa shape index (κ1) is 13.7. The van der Waals surface area contributed by atoms with E-state index >= 15 is 0 Å². The highest BCUT2D eigenvalue weighted by molar-refractivity contribution is 7.80. The van der Waals surface area contributed by atoms with Gasteiger partial charge in [0.15, 0.2) is 5.11 Å². The zero-order chi connectivity index (χ0) is 11.8. The predicted octanol–water partition coefficient (Wildman–Crippen LogP) is 1.59. The molecule has 1 saturated heterocycles. The first-order chi connectivity index (χ1) is 7.76. The first-order valence-electron chi connectivity index (χ1n) is 6.50. The Morgan fingerprint density at radius 2 is 1.94 bits per heavy atom. The molecule has 0 atom stereocenters. The lowest BCUT2D eigenvalue weighted by atomic mass is 9.97. The number of rotatable bonds is 5. The van der Waals surface area contributed by atoms with E-state index in [1.165, 1.54) is 32.5 Å². The average molecular weight is 243 g/mol. The van der Waals surface area contributed by atoms with Crippen molar-refractivity contribution in [3.8, 4) is 0 Å². The molecule has 1 fully saturated rings. The Morgan fingerprint density at radius 1 is 1.25 bits per heavy atom. The molecule has 2 N–H and O–H groups in total. The number of nitrogens with zero attached hydrogens (tertiary/aromatic N) is 1. The lowest BCUT2D eigenvalue weighted by molar-refractivity contribution is 0.193. The molecule has 0 spiro atoms. The van der Waals surface area contributed by atoms with Crippen molar-refractivity contribution in [2.75, 3.05) is 32.7 Å². The van der Waals surface area contributed by atoms with Crippen LogP contribution in [0.2, 0.25) is 0 Å². The topological polar surface area (TPSA) is 27.3 Å². The summed E-state index contributed by atoms with van der Waals surface area (Å²) in [6, 6.07) is 0. The molecule has 0 amide bonds. The molecule has 4 heteroatoms. The Kier molecular flexibility index (Phi) is 6.73. The maximum absolute atomic E-state index is 5.20. The normalized spacial score (nSPS) is 18.4. The summed E-state index contributed by atoms with van der Waals surface area (Å²) in [7, 11) is 0. The van der Waals surface area contributed by atoms with Crippen molar-refractivity contribution in [2.24, 2.45) is 5.92 Å². The summed E-state index contributed by atoms with van der Waals surface area (Å²) in [6.07, 6.45) is 3.73. The Hall–Kier alpha value is -0.350. The summed E-state index contributed by atoms with van der Waals surface area (Å²) in [5.41, 5.74) is 0. The van der Waals surface area contributed by atoms with E-state index < -0.39 is 0 Å². The van der Waals surface area contributed by atoms with Crippen LogP contribution in [0, 0.1) is 5.92 Å². The monoisotopic (exact) mass is 243 g/mol. The van der Waals surface area contributed by atoms with Gasteiger partial charge in [-0.15, -0.1) is 0 Å². The maximum Gasteiger partial charge on any atom is 0.166 e. The molecule has 0 aliphatic carbocycles. The van der Waals surface area contributed by atoms with Gasteiger partial charge in [-0.3, -0.25) is 0 Å². The largest absolute Gasteiger partial charge is 0.363 e. The Bertz CT molecular complexity index is 200. The van der Waals surface area contributed by atoms with Gasteiger partial charge in [0.25, 0.3) is 0 Å². The van der Waals surface area contributed by atoms with Crippen LogP contribution in [-0.4, -0.2) is 42.7 Å². The van der Waals surface area contributed by atoms with Crippen molar-refractivity contribution in [1.82, 2.24) is 15.5 Å². The summed E-state index contributed by atoms with van der Waals surface area (Å²) in [5.74, 6) is 0.796. The van der Waals surface area contributed by atoms with Gasteiger partial charge in [-0.05, 0) is 57.0 Å². The molecule has 0 bridgehead atoms. The lowest BCUT2D eigenvalue weighted by Crippen LogP contribution is -2.41. The number of piperidine rings is 1. The zero-order valence-corrected chi connectivity index (χ0v) is 11.4. The molecule has 0 unspecified atom stereocenters. The quantitative estimate of drug-likeness (QED) is 0.717. The second-order valence-electron chi connectivity index (χ2n) is 4.51. The van der Waals surface area contributed by atoms with Crippen molar-refractivity contribution >= 4 is 17.3 Å². The van der Waals surface area contributed by atoms with Crippen LogP contribution in [0.4, 0.5) is 0 Å². The van der Waals surface area contributed by atoms with E-state index in [-0.39, 0.29) is 0 Å². The number of hydrogen-bond acceptors (Lipinski definition) is 2. The third-order valence-electron chi connectivity index (χ3n) is 3.24. The van der Waals surface area contributed by atoms with E-state index in [4.69, 9.17) is 12.2 Å². The van der Waals surface area contributed by atoms with Crippen LogP contribution in [0.25, 0.3) is 0 Å². The van der Waals surface area contributed by atoms with Gasteiger partial charge in [0.05, 0.1) is 0 Å². The first-order valence-corrected chi connectivity index (χ1v) is 6.91. The molecule has 16 heavy (non-hydrogen) atoms. The Morgan fingerprint density at radius 3 is 2.50 bits per heavy atom. The molecule has 94 valence electrons. The molecular weight excluding hydrogens is 218 g/mol. The highest BCUT2D eigenvalue weighted by Gasteiger charge is 2.17. The van der Waals surface area contributed by atoms with Crippen molar-refractivity contribution < 1.29 is 0 Å². The van der Waals surface area contributed by atoms with Crippen LogP contribution < -0.4 is 10.6 Å². The fraction of sp³-hybridized carbons (Fsp3) is 0.917. The Labute approximate surface area is 105 Å². The van der Waals surface area contributed by atoms with Crippen molar-refractivity contribution in [3.63, 3.8) is 0 Å². The van der Waals surface area contributed by atoms with E-state index in [9.17, 15) is 0 Å². The minimum Gasteiger partial charge on any atom is -0.363 e. The van der Waals surface area contributed by atoms with Gasteiger partial charge in [-0.25, -0.2) is 0 Å². The van der Waals surface area contributed by atoms with Crippen LogP contribution in [0.1, 0.15) is 33.1 Å². The third-order valence-corrected chi connectivity index (χ3v) is 3.53. The van der Waals surface area contributed by atoms with Gasteiger partial charge in [0.1, 0.15) is 0 Å². The second-order valence-corrected chi connectivity index (χ2v) is 4.92. The summed E-state index contributed by atoms with van der Waals surface area (Å²) in [5, 5.41) is 7.34. The van der Waals surface area contributed by atoms with E-state index in [2.05, 4.69) is 29.4 Å². The SMILES string of the molecule is CCCNC(=S)NCC1CCN(CC)CC1. The van der Waals surface area contributed by atoms with Gasteiger partial charge in [-0.2, -0.15) is 0 Å². The summed E-state index contributed by atoms with van der Waals surface area (Å²) in [6.45, 7) is 10.1. The average Bonchev–Trinajstić information content (AvgIpc) is 2.34. The number of hydrogen-bond donors (Lipinski definition) is 2. The van der Waals surface area contributed by atoms with Crippen LogP contribution in [0.15, 0.2) is 0 Å². The van der Waals surface area contributed by atoms with Gasteiger partial charge in [0, 0.05) is 13.1 Å². The minimum absolute atomic E-state index is 0.796. The molecule has 1 aliphatic rings. The van der Waals surface area contributed by atoms with Crippen molar-refractivity contribution in [3.05, 3.63) is 0 Å². The van der Waals surface area contributed by atoms with Gasteiger partial charge >= 0.3 is 0 Å². The Balaban J connectivity index is 2.07. The van der Waals surface area contributed by atoms with E-state index in [1.807, 2.05) is 0 Å². The molecule has 1 heterocycles. The summed E-state index contributed by atoms with van der Waals surface area (Å²) < 4.78 is 0. The van der Waals surface area contributed by atoms with Crippen molar-refractivity contribution in [2.45, 2.75) is 33.1 Å². The molecule has 0 radical (unpaired) electrons. The standard InChI is InChI=1S/C12H25N3S/c1-3-7-13-12(16)14-10-11-5-8-15(4-2)9-6-11/h11H,3-10H2,1-2H3,(H2,13,14,16). The summed E-state index contributed by atoms with van der Waals surface area (Å²) >= 11 is 5.20. The maximum atomic E-state index is 5.20. The molecule has 0 saturated carbocycles. The van der Waals surface area contributed by atoms with Gasteiger partial charge in [-0.1, -0.05) is 13.8 Å². The molecule has 1 aliphatic heterocycles. The highest BCUT2D eigenvalue weighted by atomic mass is 32.1. The second kappa shape index (κ2) is 7.85. The summed E-state index contributed by atoms with van der Waals surface area (Å²) in [4.78, 5) is 2.52. The van der Waals surface area contributed by atoms with Crippen LogP contribution in [0.3, 0.4) is 0 Å². The lowest BCUT2D eigenvalue weighted by Gasteiger charge is -2.31.